The molecule has 3 rings (SSSR count). The van der Waals surface area contributed by atoms with Gasteiger partial charge in [-0.1, -0.05) is 29.5 Å². The van der Waals surface area contributed by atoms with Gasteiger partial charge in [0.25, 0.3) is 0 Å². The summed E-state index contributed by atoms with van der Waals surface area (Å²) in [6, 6.07) is 9.82. The van der Waals surface area contributed by atoms with Gasteiger partial charge in [0.05, 0.1) is 25.5 Å². The molecule has 0 bridgehead atoms. The molecule has 0 radical (unpaired) electrons. The minimum Gasteiger partial charge on any atom is -0.462 e. The van der Waals surface area contributed by atoms with Crippen molar-refractivity contribution < 1.29 is 14.3 Å². The van der Waals surface area contributed by atoms with Crippen LogP contribution in [0, 0.1) is 6.92 Å². The molecule has 140 valence electrons. The monoisotopic (exact) mass is 375 g/mol. The zero-order valence-corrected chi connectivity index (χ0v) is 16.1. The lowest BCUT2D eigenvalue weighted by atomic mass is 10.3. The molecule has 0 N–H and O–H groups in total. The summed E-state index contributed by atoms with van der Waals surface area (Å²) in [4.78, 5) is 20.9. The van der Waals surface area contributed by atoms with Crippen LogP contribution in [0.3, 0.4) is 0 Å². The number of aromatic nitrogens is 1. The largest absolute Gasteiger partial charge is 0.462 e. The zero-order chi connectivity index (χ0) is 18.4. The van der Waals surface area contributed by atoms with Gasteiger partial charge in [-0.2, -0.15) is 0 Å². The van der Waals surface area contributed by atoms with E-state index in [4.69, 9.17) is 14.5 Å². The Morgan fingerprint density at radius 3 is 2.65 bits per heavy atom. The third-order valence-corrected chi connectivity index (χ3v) is 5.50. The van der Waals surface area contributed by atoms with E-state index in [1.807, 2.05) is 44.2 Å². The molecule has 0 unspecified atom stereocenters. The highest BCUT2D eigenvalue weighted by molar-refractivity contribution is 7.11. The number of benzene rings is 1. The number of carbonyl (C=O) groups excluding carboxylic acids is 1. The van der Waals surface area contributed by atoms with E-state index in [9.17, 15) is 4.79 Å². The van der Waals surface area contributed by atoms with Gasteiger partial charge in [-0.25, -0.2) is 9.79 Å². The highest BCUT2D eigenvalue weighted by atomic mass is 32.1. The Bertz CT molecular complexity index is 792. The molecule has 0 aliphatic carbocycles. The van der Waals surface area contributed by atoms with Gasteiger partial charge in [-0.15, -0.1) is 0 Å². The molecule has 0 atom stereocenters. The highest BCUT2D eigenvalue weighted by Crippen LogP contribution is 2.16. The number of hydrogen-bond donors (Lipinski definition) is 0. The third-order valence-electron chi connectivity index (χ3n) is 4.34. The molecule has 2 heterocycles. The van der Waals surface area contributed by atoms with E-state index in [0.29, 0.717) is 11.5 Å². The van der Waals surface area contributed by atoms with Crippen molar-refractivity contribution in [3.8, 4) is 0 Å². The summed E-state index contributed by atoms with van der Waals surface area (Å²) in [7, 11) is 0. The summed E-state index contributed by atoms with van der Waals surface area (Å²) in [6.45, 7) is 9.30. The summed E-state index contributed by atoms with van der Waals surface area (Å²) in [5.74, 6) is -0.273. The van der Waals surface area contributed by atoms with E-state index in [-0.39, 0.29) is 5.97 Å². The number of nitrogens with zero attached hydrogens (tertiary/aromatic N) is 3. The van der Waals surface area contributed by atoms with E-state index < -0.39 is 0 Å². The molecule has 1 aromatic carbocycles. The van der Waals surface area contributed by atoms with Crippen molar-refractivity contribution in [2.45, 2.75) is 20.4 Å². The minimum absolute atomic E-state index is 0.273. The number of thiazole rings is 1. The van der Waals surface area contributed by atoms with Crippen molar-refractivity contribution >= 4 is 23.0 Å². The lowest BCUT2D eigenvalue weighted by Gasteiger charge is -2.26. The van der Waals surface area contributed by atoms with Crippen molar-refractivity contribution in [3.63, 3.8) is 0 Å². The molecule has 0 spiro atoms. The van der Waals surface area contributed by atoms with Crippen molar-refractivity contribution in [3.05, 3.63) is 45.7 Å². The standard InChI is InChI=1S/C19H25N3O3S/c1-3-25-18(23)17-15(2)22(10-9-21-11-13-24-14-12-21)19(26-17)20-16-7-5-4-6-8-16/h4-8H,3,9-14H2,1-2H3. The molecule has 1 saturated heterocycles. The fraction of sp³-hybridized carbons (Fsp3) is 0.474. The lowest BCUT2D eigenvalue weighted by molar-refractivity contribution is 0.0362. The first-order valence-electron chi connectivity index (χ1n) is 8.96. The first-order chi connectivity index (χ1) is 12.7. The summed E-state index contributed by atoms with van der Waals surface area (Å²) in [5, 5.41) is 0. The summed E-state index contributed by atoms with van der Waals surface area (Å²) >= 11 is 1.39. The van der Waals surface area contributed by atoms with Crippen LogP contribution in [0.15, 0.2) is 35.3 Å². The number of para-hydroxylation sites is 1. The summed E-state index contributed by atoms with van der Waals surface area (Å²) in [6.07, 6.45) is 0. The SMILES string of the molecule is CCOC(=O)c1sc(=Nc2ccccc2)n(CCN2CCOCC2)c1C. The molecule has 26 heavy (non-hydrogen) atoms. The maximum absolute atomic E-state index is 12.3. The van der Waals surface area contributed by atoms with E-state index in [1.54, 1.807) is 0 Å². The summed E-state index contributed by atoms with van der Waals surface area (Å²) < 4.78 is 12.8. The van der Waals surface area contributed by atoms with Gasteiger partial charge in [0.1, 0.15) is 4.88 Å². The molecule has 1 aliphatic rings. The van der Waals surface area contributed by atoms with Crippen LogP contribution in [0.5, 0.6) is 0 Å². The predicted molar refractivity (Wildman–Crippen MR) is 102 cm³/mol. The van der Waals surface area contributed by atoms with Gasteiger partial charge in [0.15, 0.2) is 4.80 Å². The zero-order valence-electron chi connectivity index (χ0n) is 15.3. The van der Waals surface area contributed by atoms with Crippen molar-refractivity contribution in [1.29, 1.82) is 0 Å². The molecule has 6 nitrogen and oxygen atoms in total. The Kier molecular flexibility index (Phi) is 6.60. The third kappa shape index (κ3) is 4.60. The van der Waals surface area contributed by atoms with Crippen LogP contribution >= 0.6 is 11.3 Å². The van der Waals surface area contributed by atoms with E-state index >= 15 is 0 Å². The first kappa shape index (κ1) is 18.8. The number of rotatable bonds is 6. The van der Waals surface area contributed by atoms with Crippen molar-refractivity contribution in [1.82, 2.24) is 9.47 Å². The van der Waals surface area contributed by atoms with Crippen LogP contribution in [0.25, 0.3) is 0 Å². The van der Waals surface area contributed by atoms with Crippen LogP contribution in [-0.4, -0.2) is 54.9 Å². The molecular formula is C19H25N3O3S. The molecule has 0 saturated carbocycles. The highest BCUT2D eigenvalue weighted by Gasteiger charge is 2.19. The van der Waals surface area contributed by atoms with Gasteiger partial charge in [0.2, 0.25) is 0 Å². The lowest BCUT2D eigenvalue weighted by Crippen LogP contribution is -2.39. The van der Waals surface area contributed by atoms with Crippen LogP contribution in [-0.2, 0) is 16.0 Å². The van der Waals surface area contributed by atoms with Crippen LogP contribution in [0.4, 0.5) is 5.69 Å². The molecule has 0 amide bonds. The average molecular weight is 375 g/mol. The number of carbonyl (C=O) groups is 1. The van der Waals surface area contributed by atoms with Gasteiger partial charge >= 0.3 is 5.97 Å². The van der Waals surface area contributed by atoms with Gasteiger partial charge < -0.3 is 14.0 Å². The first-order valence-corrected chi connectivity index (χ1v) is 9.78. The minimum atomic E-state index is -0.273. The Labute approximate surface area is 157 Å². The molecular weight excluding hydrogens is 350 g/mol. The van der Waals surface area contributed by atoms with E-state index in [1.165, 1.54) is 11.3 Å². The molecule has 7 heteroatoms. The Hall–Kier alpha value is -1.96. The van der Waals surface area contributed by atoms with Crippen LogP contribution < -0.4 is 4.80 Å². The second-order valence-corrected chi connectivity index (χ2v) is 7.05. The van der Waals surface area contributed by atoms with Crippen LogP contribution in [0.1, 0.15) is 22.3 Å². The predicted octanol–water partition coefficient (Wildman–Crippen LogP) is 2.60. The Morgan fingerprint density at radius 2 is 1.96 bits per heavy atom. The second kappa shape index (κ2) is 9.12. The number of ether oxygens (including phenoxy) is 2. The number of hydrogen-bond acceptors (Lipinski definition) is 6. The second-order valence-electron chi connectivity index (χ2n) is 6.07. The molecule has 1 aliphatic heterocycles. The quantitative estimate of drug-likeness (QED) is 0.729. The fourth-order valence-corrected chi connectivity index (χ4v) is 3.97. The van der Waals surface area contributed by atoms with Crippen molar-refractivity contribution in [2.75, 3.05) is 39.5 Å². The average Bonchev–Trinajstić information content (AvgIpc) is 2.97. The normalized spacial score (nSPS) is 16.0. The smallest absolute Gasteiger partial charge is 0.350 e. The molecule has 1 fully saturated rings. The van der Waals surface area contributed by atoms with Gasteiger partial charge in [0, 0.05) is 31.9 Å². The van der Waals surface area contributed by atoms with E-state index in [2.05, 4.69) is 9.47 Å². The van der Waals surface area contributed by atoms with Gasteiger partial charge in [-0.3, -0.25) is 4.90 Å². The summed E-state index contributed by atoms with van der Waals surface area (Å²) in [5.41, 5.74) is 1.79. The molecule has 2 aromatic rings. The Morgan fingerprint density at radius 1 is 1.23 bits per heavy atom. The van der Waals surface area contributed by atoms with Gasteiger partial charge in [-0.05, 0) is 26.0 Å². The number of esters is 1. The number of morpholine rings is 1. The topological polar surface area (TPSA) is 56.1 Å². The van der Waals surface area contributed by atoms with Crippen molar-refractivity contribution in [2.24, 2.45) is 4.99 Å². The van der Waals surface area contributed by atoms with Crippen LogP contribution in [0.2, 0.25) is 0 Å². The fourth-order valence-electron chi connectivity index (χ4n) is 2.90. The Balaban J connectivity index is 1.91. The van der Waals surface area contributed by atoms with E-state index in [0.717, 1.165) is 55.6 Å². The molecule has 1 aromatic heterocycles. The maximum Gasteiger partial charge on any atom is 0.350 e. The maximum atomic E-state index is 12.3.